The molecule has 1 atom stereocenters. The van der Waals surface area contributed by atoms with E-state index in [4.69, 9.17) is 4.74 Å². The minimum atomic E-state index is -0.0247. The largest absolute Gasteiger partial charge is 0.358 e. The van der Waals surface area contributed by atoms with Crippen LogP contribution in [0, 0.1) is 0 Å². The zero-order valence-electron chi connectivity index (χ0n) is 13.8. The van der Waals surface area contributed by atoms with Crippen molar-refractivity contribution in [3.05, 3.63) is 35.9 Å². The molecule has 1 amide bonds. The first-order valence-electron chi connectivity index (χ1n) is 8.76. The molecule has 3 nitrogen and oxygen atoms in total. The number of carbonyl (C=O) groups excluding carboxylic acids is 1. The van der Waals surface area contributed by atoms with Crippen LogP contribution in [0.15, 0.2) is 30.3 Å². The lowest BCUT2D eigenvalue weighted by molar-refractivity contribution is -0.137. The van der Waals surface area contributed by atoms with Gasteiger partial charge in [0.05, 0.1) is 0 Å². The van der Waals surface area contributed by atoms with E-state index in [0.29, 0.717) is 13.0 Å². The molecular weight excluding hydrogens is 274 g/mol. The van der Waals surface area contributed by atoms with Crippen molar-refractivity contribution < 1.29 is 9.53 Å². The maximum atomic E-state index is 12.0. The van der Waals surface area contributed by atoms with Gasteiger partial charge in [-0.3, -0.25) is 4.79 Å². The number of rotatable bonds is 10. The summed E-state index contributed by atoms with van der Waals surface area (Å²) in [6.07, 6.45) is 9.02. The summed E-state index contributed by atoms with van der Waals surface area (Å²) in [6.45, 7) is 3.68. The molecule has 1 saturated heterocycles. The van der Waals surface area contributed by atoms with Gasteiger partial charge < -0.3 is 9.64 Å². The van der Waals surface area contributed by atoms with Gasteiger partial charge in [0.1, 0.15) is 6.23 Å². The van der Waals surface area contributed by atoms with Crippen molar-refractivity contribution in [2.45, 2.75) is 71.1 Å². The third kappa shape index (κ3) is 5.45. The highest BCUT2D eigenvalue weighted by Crippen LogP contribution is 2.22. The highest BCUT2D eigenvalue weighted by Gasteiger charge is 2.31. The molecule has 0 bridgehead atoms. The summed E-state index contributed by atoms with van der Waals surface area (Å²) in [4.78, 5) is 13.9. The molecule has 1 aromatic carbocycles. The van der Waals surface area contributed by atoms with Gasteiger partial charge in [-0.25, -0.2) is 0 Å². The molecular formula is C19H29NO2. The lowest BCUT2D eigenvalue weighted by Gasteiger charge is -2.25. The quantitative estimate of drug-likeness (QED) is 0.595. The molecule has 0 spiro atoms. The van der Waals surface area contributed by atoms with Crippen molar-refractivity contribution >= 4 is 5.91 Å². The fourth-order valence-corrected chi connectivity index (χ4v) is 2.95. The molecule has 0 aromatic heterocycles. The number of ether oxygens (including phenoxy) is 1. The fourth-order valence-electron chi connectivity index (χ4n) is 2.95. The average molecular weight is 303 g/mol. The minimum absolute atomic E-state index is 0.0247. The number of likely N-dealkylation sites (tertiary alicyclic amines) is 1. The Morgan fingerprint density at radius 2 is 1.82 bits per heavy atom. The molecule has 0 aliphatic carbocycles. The molecule has 1 fully saturated rings. The van der Waals surface area contributed by atoms with Gasteiger partial charge in [0.2, 0.25) is 5.91 Å². The van der Waals surface area contributed by atoms with Crippen LogP contribution in [0.4, 0.5) is 0 Å². The van der Waals surface area contributed by atoms with E-state index >= 15 is 0 Å². The predicted octanol–water partition coefficient (Wildman–Crippen LogP) is 4.51. The average Bonchev–Trinajstić information content (AvgIpc) is 2.88. The van der Waals surface area contributed by atoms with Crippen LogP contribution in [-0.2, 0) is 16.1 Å². The Kier molecular flexibility index (Phi) is 7.44. The molecule has 1 unspecified atom stereocenters. The first-order chi connectivity index (χ1) is 10.8. The topological polar surface area (TPSA) is 29.5 Å². The monoisotopic (exact) mass is 303 g/mol. The van der Waals surface area contributed by atoms with Gasteiger partial charge in [-0.15, -0.1) is 0 Å². The van der Waals surface area contributed by atoms with Crippen molar-refractivity contribution in [1.29, 1.82) is 0 Å². The minimum Gasteiger partial charge on any atom is -0.358 e. The highest BCUT2D eigenvalue weighted by atomic mass is 16.5. The number of benzene rings is 1. The number of nitrogens with zero attached hydrogens (tertiary/aromatic N) is 1. The summed E-state index contributed by atoms with van der Waals surface area (Å²) in [5.74, 6) is 0.219. The molecule has 1 aromatic rings. The molecule has 1 aliphatic heterocycles. The summed E-state index contributed by atoms with van der Waals surface area (Å²) in [7, 11) is 0. The number of carbonyl (C=O) groups is 1. The van der Waals surface area contributed by atoms with Crippen LogP contribution in [0.25, 0.3) is 0 Å². The predicted molar refractivity (Wildman–Crippen MR) is 89.3 cm³/mol. The van der Waals surface area contributed by atoms with Crippen molar-refractivity contribution in [1.82, 2.24) is 4.90 Å². The van der Waals surface area contributed by atoms with Crippen molar-refractivity contribution in [3.63, 3.8) is 0 Å². The molecule has 2 rings (SSSR count). The van der Waals surface area contributed by atoms with Gasteiger partial charge in [-0.2, -0.15) is 0 Å². The zero-order chi connectivity index (χ0) is 15.6. The van der Waals surface area contributed by atoms with Crippen molar-refractivity contribution in [2.75, 3.05) is 6.61 Å². The summed E-state index contributed by atoms with van der Waals surface area (Å²) < 4.78 is 5.97. The molecule has 0 saturated carbocycles. The van der Waals surface area contributed by atoms with Crippen LogP contribution in [0.3, 0.4) is 0 Å². The summed E-state index contributed by atoms with van der Waals surface area (Å²) in [5, 5.41) is 0. The maximum absolute atomic E-state index is 12.0. The molecule has 3 heteroatoms. The van der Waals surface area contributed by atoms with Crippen LogP contribution in [0.2, 0.25) is 0 Å². The van der Waals surface area contributed by atoms with E-state index in [9.17, 15) is 4.79 Å². The lowest BCUT2D eigenvalue weighted by atomic mass is 10.1. The zero-order valence-corrected chi connectivity index (χ0v) is 13.8. The second kappa shape index (κ2) is 9.62. The van der Waals surface area contributed by atoms with Crippen molar-refractivity contribution in [3.8, 4) is 0 Å². The van der Waals surface area contributed by atoms with Crippen LogP contribution < -0.4 is 0 Å². The van der Waals surface area contributed by atoms with E-state index < -0.39 is 0 Å². The number of hydrogen-bond donors (Lipinski definition) is 0. The van der Waals surface area contributed by atoms with E-state index in [1.54, 1.807) is 0 Å². The maximum Gasteiger partial charge on any atom is 0.225 e. The third-order valence-corrected chi connectivity index (χ3v) is 4.28. The second-order valence-corrected chi connectivity index (χ2v) is 6.14. The molecule has 0 N–H and O–H groups in total. The Morgan fingerprint density at radius 1 is 1.09 bits per heavy atom. The van der Waals surface area contributed by atoms with E-state index in [1.165, 1.54) is 37.7 Å². The van der Waals surface area contributed by atoms with Gasteiger partial charge in [0, 0.05) is 26.0 Å². The smallest absolute Gasteiger partial charge is 0.225 e. The molecule has 0 radical (unpaired) electrons. The highest BCUT2D eigenvalue weighted by molar-refractivity contribution is 5.78. The Morgan fingerprint density at radius 3 is 2.59 bits per heavy atom. The summed E-state index contributed by atoms with van der Waals surface area (Å²) in [5.41, 5.74) is 1.17. The number of amides is 1. The Balaban J connectivity index is 1.69. The van der Waals surface area contributed by atoms with E-state index in [1.807, 2.05) is 23.1 Å². The van der Waals surface area contributed by atoms with E-state index in [2.05, 4.69) is 19.1 Å². The van der Waals surface area contributed by atoms with Crippen LogP contribution >= 0.6 is 0 Å². The number of unbranched alkanes of at least 4 members (excludes halogenated alkanes) is 5. The first-order valence-corrected chi connectivity index (χ1v) is 8.76. The normalized spacial score (nSPS) is 18.1. The summed E-state index contributed by atoms with van der Waals surface area (Å²) >= 11 is 0. The summed E-state index contributed by atoms with van der Waals surface area (Å²) in [6, 6.07) is 10.2. The lowest BCUT2D eigenvalue weighted by Crippen LogP contribution is -2.34. The SMILES string of the molecule is CCCCCCCCOC1CCC(=O)N1Cc1ccccc1. The Labute approximate surface area is 134 Å². The molecule has 22 heavy (non-hydrogen) atoms. The van der Waals surface area contributed by atoms with Crippen LogP contribution in [-0.4, -0.2) is 23.6 Å². The first kappa shape index (κ1) is 17.0. The van der Waals surface area contributed by atoms with Gasteiger partial charge in [-0.05, 0) is 12.0 Å². The Hall–Kier alpha value is -1.35. The van der Waals surface area contributed by atoms with E-state index in [0.717, 1.165) is 19.4 Å². The molecule has 122 valence electrons. The van der Waals surface area contributed by atoms with Crippen LogP contribution in [0.1, 0.15) is 63.9 Å². The standard InChI is InChI=1S/C19H29NO2/c1-2-3-4-5-6-10-15-22-19-14-13-18(21)20(19)16-17-11-8-7-9-12-17/h7-9,11-12,19H,2-6,10,13-16H2,1H3. The van der Waals surface area contributed by atoms with E-state index in [-0.39, 0.29) is 12.1 Å². The second-order valence-electron chi connectivity index (χ2n) is 6.14. The van der Waals surface area contributed by atoms with Gasteiger partial charge in [-0.1, -0.05) is 69.4 Å². The number of hydrogen-bond acceptors (Lipinski definition) is 2. The molecule has 1 aliphatic rings. The van der Waals surface area contributed by atoms with Gasteiger partial charge in [0.25, 0.3) is 0 Å². The van der Waals surface area contributed by atoms with Crippen LogP contribution in [0.5, 0.6) is 0 Å². The Bertz CT molecular complexity index is 432. The molecule has 1 heterocycles. The van der Waals surface area contributed by atoms with Crippen molar-refractivity contribution in [2.24, 2.45) is 0 Å². The van der Waals surface area contributed by atoms with Gasteiger partial charge >= 0.3 is 0 Å². The fraction of sp³-hybridized carbons (Fsp3) is 0.632. The third-order valence-electron chi connectivity index (χ3n) is 4.28. The van der Waals surface area contributed by atoms with Gasteiger partial charge in [0.15, 0.2) is 0 Å².